The number of ketones is 1. The smallest absolute Gasteiger partial charge is 0.415 e. The molecule has 0 spiro atoms. The monoisotopic (exact) mass is 461 g/mol. The standard InChI is InChI=1S/C24H32BrNO3/c1-14(2)13-24(8)17-12-18(25)15-10-9-11-16(15)19(17)26(23(6,7)20(24)27)21(28)29-22(3,4)5/h12H,1,9-11,13H2,2-8H3. The number of allylic oxidation sites excluding steroid dienone is 1. The molecule has 158 valence electrons. The van der Waals surface area contributed by atoms with Crippen molar-refractivity contribution in [3.8, 4) is 0 Å². The van der Waals surface area contributed by atoms with E-state index in [1.165, 1.54) is 5.56 Å². The quantitative estimate of drug-likeness (QED) is 0.487. The second-order valence-corrected chi connectivity index (χ2v) is 11.1. The highest BCUT2D eigenvalue weighted by Gasteiger charge is 2.56. The zero-order valence-corrected chi connectivity index (χ0v) is 20.2. The number of anilines is 1. The van der Waals surface area contributed by atoms with E-state index in [0.717, 1.165) is 46.1 Å². The first kappa shape index (κ1) is 22.1. The molecule has 0 saturated heterocycles. The van der Waals surface area contributed by atoms with Crippen LogP contribution in [0.3, 0.4) is 0 Å². The second-order valence-electron chi connectivity index (χ2n) is 10.2. The maximum absolute atomic E-state index is 13.9. The lowest BCUT2D eigenvalue weighted by Crippen LogP contribution is -2.63. The average molecular weight is 462 g/mol. The molecule has 0 N–H and O–H groups in total. The lowest BCUT2D eigenvalue weighted by Gasteiger charge is -2.50. The number of rotatable bonds is 2. The molecular weight excluding hydrogens is 430 g/mol. The number of ether oxygens (including phenoxy) is 1. The van der Waals surface area contributed by atoms with Gasteiger partial charge in [-0.3, -0.25) is 9.69 Å². The van der Waals surface area contributed by atoms with Gasteiger partial charge in [0, 0.05) is 4.47 Å². The third-order valence-electron chi connectivity index (χ3n) is 5.98. The SMILES string of the molecule is C=C(C)CC1(C)C(=O)C(C)(C)N(C(=O)OC(C)(C)C)c2c1cc(Br)c1c2CCC1. The number of halogens is 1. The molecule has 0 aromatic heterocycles. The zero-order valence-electron chi connectivity index (χ0n) is 18.7. The van der Waals surface area contributed by atoms with E-state index < -0.39 is 22.6 Å². The first-order valence-corrected chi connectivity index (χ1v) is 11.1. The minimum Gasteiger partial charge on any atom is -0.443 e. The number of hydrogen-bond acceptors (Lipinski definition) is 3. The summed E-state index contributed by atoms with van der Waals surface area (Å²) < 4.78 is 6.78. The van der Waals surface area contributed by atoms with Gasteiger partial charge in [-0.15, -0.1) is 6.58 Å². The summed E-state index contributed by atoms with van der Waals surface area (Å²) in [5.74, 6) is 0.0104. The summed E-state index contributed by atoms with van der Waals surface area (Å²) in [7, 11) is 0. The van der Waals surface area contributed by atoms with Crippen molar-refractivity contribution in [1.29, 1.82) is 0 Å². The highest BCUT2D eigenvalue weighted by atomic mass is 79.9. The molecule has 0 radical (unpaired) electrons. The van der Waals surface area contributed by atoms with Gasteiger partial charge < -0.3 is 4.74 Å². The molecule has 1 aliphatic carbocycles. The summed E-state index contributed by atoms with van der Waals surface area (Å²) in [6.07, 6.45) is 2.99. The van der Waals surface area contributed by atoms with Gasteiger partial charge in [0.2, 0.25) is 0 Å². The first-order chi connectivity index (χ1) is 13.2. The van der Waals surface area contributed by atoms with Crippen molar-refractivity contribution in [1.82, 2.24) is 0 Å². The van der Waals surface area contributed by atoms with Crippen LogP contribution in [0.2, 0.25) is 0 Å². The lowest BCUT2D eigenvalue weighted by atomic mass is 9.64. The van der Waals surface area contributed by atoms with Crippen molar-refractivity contribution >= 4 is 33.5 Å². The van der Waals surface area contributed by atoms with Crippen LogP contribution < -0.4 is 4.90 Å². The molecule has 0 fully saturated rings. The Morgan fingerprint density at radius 2 is 1.83 bits per heavy atom. The normalized spacial score (nSPS) is 22.9. The Morgan fingerprint density at radius 3 is 2.38 bits per heavy atom. The third kappa shape index (κ3) is 3.56. The van der Waals surface area contributed by atoms with Gasteiger partial charge in [-0.1, -0.05) is 21.5 Å². The number of carbonyl (C=O) groups excluding carboxylic acids is 2. The van der Waals surface area contributed by atoms with Crippen LogP contribution in [0, 0.1) is 0 Å². The van der Waals surface area contributed by atoms with E-state index in [9.17, 15) is 9.59 Å². The molecule has 1 aliphatic heterocycles. The molecule has 0 saturated carbocycles. The number of benzene rings is 1. The van der Waals surface area contributed by atoms with Gasteiger partial charge >= 0.3 is 6.09 Å². The number of hydrogen-bond donors (Lipinski definition) is 0. The molecule has 29 heavy (non-hydrogen) atoms. The Labute approximate surface area is 182 Å². The van der Waals surface area contributed by atoms with Crippen LogP contribution in [0.5, 0.6) is 0 Å². The van der Waals surface area contributed by atoms with Crippen molar-refractivity contribution in [3.05, 3.63) is 39.4 Å². The molecule has 1 aromatic rings. The fraction of sp³-hybridized carbons (Fsp3) is 0.583. The van der Waals surface area contributed by atoms with Crippen LogP contribution >= 0.6 is 15.9 Å². The van der Waals surface area contributed by atoms with E-state index in [1.807, 2.05) is 54.5 Å². The van der Waals surface area contributed by atoms with Gasteiger partial charge in [-0.25, -0.2) is 4.79 Å². The highest BCUT2D eigenvalue weighted by molar-refractivity contribution is 9.10. The van der Waals surface area contributed by atoms with Crippen molar-refractivity contribution in [2.45, 2.75) is 90.7 Å². The summed E-state index contributed by atoms with van der Waals surface area (Å²) in [4.78, 5) is 28.8. The number of fused-ring (bicyclic) bond motifs is 3. The van der Waals surface area contributed by atoms with E-state index in [0.29, 0.717) is 6.42 Å². The Bertz CT molecular complexity index is 910. The van der Waals surface area contributed by atoms with Gasteiger partial charge in [-0.05, 0) is 96.9 Å². The number of carbonyl (C=O) groups is 2. The number of Topliss-reactive ketones (excluding diaryl/α,β-unsaturated/α-hetero) is 1. The fourth-order valence-corrected chi connectivity index (χ4v) is 5.64. The molecule has 1 atom stereocenters. The minimum atomic E-state index is -1.02. The summed E-state index contributed by atoms with van der Waals surface area (Å²) in [5, 5.41) is 0. The van der Waals surface area contributed by atoms with Crippen LogP contribution in [0.1, 0.15) is 78.0 Å². The summed E-state index contributed by atoms with van der Waals surface area (Å²) in [6.45, 7) is 17.2. The van der Waals surface area contributed by atoms with Crippen LogP contribution in [0.25, 0.3) is 0 Å². The van der Waals surface area contributed by atoms with Gasteiger partial charge in [-0.2, -0.15) is 0 Å². The Balaban J connectivity index is 2.34. The van der Waals surface area contributed by atoms with E-state index >= 15 is 0 Å². The zero-order chi connectivity index (χ0) is 21.9. The van der Waals surface area contributed by atoms with E-state index in [4.69, 9.17) is 4.74 Å². The van der Waals surface area contributed by atoms with Crippen LogP contribution in [0.15, 0.2) is 22.7 Å². The van der Waals surface area contributed by atoms with Gasteiger partial charge in [0.1, 0.15) is 11.1 Å². The molecule has 4 nitrogen and oxygen atoms in total. The van der Waals surface area contributed by atoms with Crippen molar-refractivity contribution in [2.75, 3.05) is 4.90 Å². The largest absolute Gasteiger partial charge is 0.443 e. The summed E-state index contributed by atoms with van der Waals surface area (Å²) >= 11 is 3.73. The van der Waals surface area contributed by atoms with Crippen molar-refractivity contribution < 1.29 is 14.3 Å². The Kier molecular flexibility index (Phi) is 5.30. The Hall–Kier alpha value is -1.62. The molecule has 2 aliphatic rings. The predicted octanol–water partition coefficient (Wildman–Crippen LogP) is 6.26. The molecule has 1 aromatic carbocycles. The minimum absolute atomic E-state index is 0.0104. The van der Waals surface area contributed by atoms with Gasteiger partial charge in [0.15, 0.2) is 5.78 Å². The van der Waals surface area contributed by atoms with Gasteiger partial charge in [0.05, 0.1) is 11.1 Å². The molecule has 3 rings (SSSR count). The van der Waals surface area contributed by atoms with Crippen LogP contribution in [-0.4, -0.2) is 23.0 Å². The summed E-state index contributed by atoms with van der Waals surface area (Å²) in [6, 6.07) is 2.05. The van der Waals surface area contributed by atoms with Gasteiger partial charge in [0.25, 0.3) is 0 Å². The molecule has 1 amide bonds. The Morgan fingerprint density at radius 1 is 1.24 bits per heavy atom. The van der Waals surface area contributed by atoms with Crippen molar-refractivity contribution in [3.63, 3.8) is 0 Å². The van der Waals surface area contributed by atoms with E-state index in [1.54, 1.807) is 4.90 Å². The van der Waals surface area contributed by atoms with Crippen LogP contribution in [-0.2, 0) is 27.8 Å². The highest BCUT2D eigenvalue weighted by Crippen LogP contribution is 2.52. The molecule has 1 unspecified atom stereocenters. The average Bonchev–Trinajstić information content (AvgIpc) is 3.02. The molecule has 5 heteroatoms. The fourth-order valence-electron chi connectivity index (χ4n) is 4.97. The maximum Gasteiger partial charge on any atom is 0.415 e. The number of amides is 1. The third-order valence-corrected chi connectivity index (χ3v) is 6.69. The topological polar surface area (TPSA) is 46.6 Å². The summed E-state index contributed by atoms with van der Waals surface area (Å²) in [5.41, 5.74) is 2.69. The van der Waals surface area contributed by atoms with Crippen LogP contribution in [0.4, 0.5) is 10.5 Å². The molecule has 1 heterocycles. The maximum atomic E-state index is 13.9. The van der Waals surface area contributed by atoms with E-state index in [-0.39, 0.29) is 5.78 Å². The number of nitrogens with zero attached hydrogens (tertiary/aromatic N) is 1. The van der Waals surface area contributed by atoms with E-state index in [2.05, 4.69) is 22.5 Å². The second kappa shape index (κ2) is 6.97. The molecule has 0 bridgehead atoms. The lowest BCUT2D eigenvalue weighted by molar-refractivity contribution is -0.129. The molecular formula is C24H32BrNO3. The first-order valence-electron chi connectivity index (χ1n) is 10.3. The van der Waals surface area contributed by atoms with Crippen molar-refractivity contribution in [2.24, 2.45) is 0 Å². The predicted molar refractivity (Wildman–Crippen MR) is 121 cm³/mol.